The first-order valence-electron chi connectivity index (χ1n) is 7.02. The molecule has 6 heteroatoms. The zero-order valence-corrected chi connectivity index (χ0v) is 12.1. The van der Waals surface area contributed by atoms with Crippen molar-refractivity contribution in [2.75, 3.05) is 26.4 Å². The molecule has 0 amide bonds. The number of carboxylic acid groups (broad SMARTS) is 1. The number of furan rings is 1. The number of carbonyl (C=O) groups is 1. The number of benzene rings is 1. The van der Waals surface area contributed by atoms with Gasteiger partial charge < -0.3 is 24.7 Å². The van der Waals surface area contributed by atoms with Gasteiger partial charge in [0.05, 0.1) is 31.9 Å². The van der Waals surface area contributed by atoms with Crippen LogP contribution in [0, 0.1) is 0 Å². The van der Waals surface area contributed by atoms with E-state index in [-0.39, 0.29) is 12.2 Å². The Labute approximate surface area is 128 Å². The number of aliphatic hydroxyl groups excluding tert-OH is 1. The summed E-state index contributed by atoms with van der Waals surface area (Å²) in [6.45, 7) is 2.10. The van der Waals surface area contributed by atoms with Crippen molar-refractivity contribution >= 4 is 5.97 Å². The Morgan fingerprint density at radius 3 is 2.86 bits per heavy atom. The topological polar surface area (TPSA) is 91.9 Å². The van der Waals surface area contributed by atoms with E-state index >= 15 is 0 Å². The molecule has 0 aliphatic rings. The van der Waals surface area contributed by atoms with Gasteiger partial charge in [0.15, 0.2) is 0 Å². The van der Waals surface area contributed by atoms with Crippen LogP contribution < -0.4 is 5.32 Å². The number of aromatic carboxylic acids is 1. The van der Waals surface area contributed by atoms with Gasteiger partial charge in [-0.25, -0.2) is 4.79 Å². The Morgan fingerprint density at radius 2 is 2.09 bits per heavy atom. The number of hydrogen-bond acceptors (Lipinski definition) is 5. The van der Waals surface area contributed by atoms with E-state index in [4.69, 9.17) is 19.4 Å². The second kappa shape index (κ2) is 8.33. The highest BCUT2D eigenvalue weighted by atomic mass is 16.5. The molecule has 0 saturated carbocycles. The van der Waals surface area contributed by atoms with Crippen LogP contribution in [0.2, 0.25) is 0 Å². The molecular weight excluding hydrogens is 286 g/mol. The molecule has 0 aliphatic heterocycles. The summed E-state index contributed by atoms with van der Waals surface area (Å²) in [7, 11) is 0. The Morgan fingerprint density at radius 1 is 1.23 bits per heavy atom. The van der Waals surface area contributed by atoms with Crippen LogP contribution in [-0.2, 0) is 11.3 Å². The minimum Gasteiger partial charge on any atom is -0.478 e. The van der Waals surface area contributed by atoms with Crippen LogP contribution in [0.1, 0.15) is 16.1 Å². The number of hydrogen-bond donors (Lipinski definition) is 3. The summed E-state index contributed by atoms with van der Waals surface area (Å²) >= 11 is 0. The first-order chi connectivity index (χ1) is 10.7. The summed E-state index contributed by atoms with van der Waals surface area (Å²) < 4.78 is 10.8. The van der Waals surface area contributed by atoms with Crippen molar-refractivity contribution in [3.05, 3.63) is 47.7 Å². The number of nitrogens with one attached hydrogen (secondary N) is 1. The van der Waals surface area contributed by atoms with Gasteiger partial charge in [-0.3, -0.25) is 0 Å². The normalized spacial score (nSPS) is 10.8. The average molecular weight is 305 g/mol. The van der Waals surface area contributed by atoms with Crippen LogP contribution in [0.15, 0.2) is 40.8 Å². The highest BCUT2D eigenvalue weighted by Gasteiger charge is 2.08. The molecule has 0 atom stereocenters. The van der Waals surface area contributed by atoms with E-state index in [2.05, 4.69) is 5.32 Å². The van der Waals surface area contributed by atoms with Gasteiger partial charge in [0, 0.05) is 12.1 Å². The van der Waals surface area contributed by atoms with Gasteiger partial charge in [-0.05, 0) is 24.3 Å². The van der Waals surface area contributed by atoms with Crippen LogP contribution in [0.25, 0.3) is 11.3 Å². The fourth-order valence-electron chi connectivity index (χ4n) is 1.96. The number of rotatable bonds is 9. The van der Waals surface area contributed by atoms with E-state index in [0.29, 0.717) is 32.1 Å². The molecule has 1 aromatic heterocycles. The lowest BCUT2D eigenvalue weighted by atomic mass is 10.1. The summed E-state index contributed by atoms with van der Waals surface area (Å²) in [5.41, 5.74) is 0.965. The van der Waals surface area contributed by atoms with Gasteiger partial charge in [0.25, 0.3) is 0 Å². The molecule has 0 fully saturated rings. The summed E-state index contributed by atoms with van der Waals surface area (Å²) in [6, 6.07) is 10.3. The maximum atomic E-state index is 11.0. The fourth-order valence-corrected chi connectivity index (χ4v) is 1.96. The standard InChI is InChI=1S/C16H19NO5/c18-7-9-21-8-6-17-11-14-4-5-15(22-14)12-2-1-3-13(10-12)16(19)20/h1-5,10,17-18H,6-9,11H2,(H,19,20). The van der Waals surface area contributed by atoms with Crippen molar-refractivity contribution in [3.8, 4) is 11.3 Å². The molecule has 1 heterocycles. The first kappa shape index (κ1) is 16.2. The molecule has 22 heavy (non-hydrogen) atoms. The van der Waals surface area contributed by atoms with Gasteiger partial charge in [-0.15, -0.1) is 0 Å². The SMILES string of the molecule is O=C(O)c1cccc(-c2ccc(CNCCOCCO)o2)c1. The zero-order chi connectivity index (χ0) is 15.8. The van der Waals surface area contributed by atoms with E-state index in [1.165, 1.54) is 0 Å². The molecule has 0 spiro atoms. The summed E-state index contributed by atoms with van der Waals surface area (Å²) in [5.74, 6) is 0.437. The largest absolute Gasteiger partial charge is 0.478 e. The third-order valence-corrected chi connectivity index (χ3v) is 3.01. The van der Waals surface area contributed by atoms with Crippen molar-refractivity contribution in [2.45, 2.75) is 6.54 Å². The molecular formula is C16H19NO5. The third-order valence-electron chi connectivity index (χ3n) is 3.01. The fraction of sp³-hybridized carbons (Fsp3) is 0.312. The molecule has 0 saturated heterocycles. The molecule has 1 aromatic carbocycles. The minimum absolute atomic E-state index is 0.0248. The smallest absolute Gasteiger partial charge is 0.335 e. The van der Waals surface area contributed by atoms with Crippen molar-refractivity contribution < 1.29 is 24.2 Å². The van der Waals surface area contributed by atoms with Gasteiger partial charge in [-0.2, -0.15) is 0 Å². The second-order valence-corrected chi connectivity index (χ2v) is 4.66. The quantitative estimate of drug-likeness (QED) is 0.611. The lowest BCUT2D eigenvalue weighted by Crippen LogP contribution is -2.19. The highest BCUT2D eigenvalue weighted by molar-refractivity contribution is 5.89. The van der Waals surface area contributed by atoms with Gasteiger partial charge in [0.2, 0.25) is 0 Å². The Kier molecular flexibility index (Phi) is 6.14. The number of carboxylic acids is 1. The first-order valence-corrected chi connectivity index (χ1v) is 7.02. The maximum Gasteiger partial charge on any atom is 0.335 e. The van der Waals surface area contributed by atoms with Crippen molar-refractivity contribution in [3.63, 3.8) is 0 Å². The summed E-state index contributed by atoms with van der Waals surface area (Å²) in [4.78, 5) is 11.0. The average Bonchev–Trinajstić information content (AvgIpc) is 3.00. The van der Waals surface area contributed by atoms with Crippen molar-refractivity contribution in [2.24, 2.45) is 0 Å². The van der Waals surface area contributed by atoms with Gasteiger partial charge >= 0.3 is 5.97 Å². The maximum absolute atomic E-state index is 11.0. The monoisotopic (exact) mass is 305 g/mol. The predicted molar refractivity (Wildman–Crippen MR) is 80.7 cm³/mol. The second-order valence-electron chi connectivity index (χ2n) is 4.66. The Hall–Kier alpha value is -2.15. The van der Waals surface area contributed by atoms with Crippen LogP contribution in [0.4, 0.5) is 0 Å². The molecule has 3 N–H and O–H groups in total. The summed E-state index contributed by atoms with van der Waals surface area (Å²) in [5, 5.41) is 20.7. The van der Waals surface area contributed by atoms with Crippen LogP contribution in [-0.4, -0.2) is 42.5 Å². The molecule has 0 unspecified atom stereocenters. The van der Waals surface area contributed by atoms with Crippen molar-refractivity contribution in [1.29, 1.82) is 0 Å². The lowest BCUT2D eigenvalue weighted by molar-refractivity contribution is 0.0697. The van der Waals surface area contributed by atoms with Crippen molar-refractivity contribution in [1.82, 2.24) is 5.32 Å². The molecule has 0 bridgehead atoms. The van der Waals surface area contributed by atoms with Crippen LogP contribution >= 0.6 is 0 Å². The van der Waals surface area contributed by atoms with Crippen LogP contribution in [0.3, 0.4) is 0 Å². The third kappa shape index (κ3) is 4.70. The lowest BCUT2D eigenvalue weighted by Gasteiger charge is -2.03. The Bertz CT molecular complexity index is 608. The van der Waals surface area contributed by atoms with Crippen LogP contribution in [0.5, 0.6) is 0 Å². The molecule has 118 valence electrons. The van der Waals surface area contributed by atoms with E-state index in [9.17, 15) is 4.79 Å². The molecule has 6 nitrogen and oxygen atoms in total. The van der Waals surface area contributed by atoms with Gasteiger partial charge in [0.1, 0.15) is 11.5 Å². The summed E-state index contributed by atoms with van der Waals surface area (Å²) in [6.07, 6.45) is 0. The Balaban J connectivity index is 1.88. The minimum atomic E-state index is -0.960. The van der Waals surface area contributed by atoms with E-state index in [0.717, 1.165) is 11.3 Å². The highest BCUT2D eigenvalue weighted by Crippen LogP contribution is 2.23. The molecule has 2 rings (SSSR count). The van der Waals surface area contributed by atoms with Gasteiger partial charge in [-0.1, -0.05) is 12.1 Å². The van der Waals surface area contributed by atoms with E-state index in [1.807, 2.05) is 18.2 Å². The number of ether oxygens (including phenoxy) is 1. The van der Waals surface area contributed by atoms with E-state index in [1.54, 1.807) is 18.2 Å². The zero-order valence-electron chi connectivity index (χ0n) is 12.1. The predicted octanol–water partition coefficient (Wildman–Crippen LogP) is 1.74. The molecule has 0 radical (unpaired) electrons. The van der Waals surface area contributed by atoms with E-state index < -0.39 is 5.97 Å². The molecule has 0 aliphatic carbocycles. The number of aliphatic hydroxyl groups is 1. The molecule has 2 aromatic rings.